The van der Waals surface area contributed by atoms with E-state index in [4.69, 9.17) is 0 Å². The molecule has 1 nitrogen and oxygen atoms in total. The second kappa shape index (κ2) is 4.85. The van der Waals surface area contributed by atoms with Crippen molar-refractivity contribution in [2.24, 2.45) is 0 Å². The van der Waals surface area contributed by atoms with Gasteiger partial charge in [-0.05, 0) is 47.7 Å². The zero-order valence-corrected chi connectivity index (χ0v) is 13.9. The molecule has 0 aliphatic heterocycles. The van der Waals surface area contributed by atoms with Gasteiger partial charge in [0.25, 0.3) is 0 Å². The molecule has 1 heteroatoms. The highest BCUT2D eigenvalue weighted by Crippen LogP contribution is 2.52. The predicted octanol–water partition coefficient (Wildman–Crippen LogP) is 5.95. The van der Waals surface area contributed by atoms with E-state index in [0.29, 0.717) is 5.92 Å². The Bertz CT molecular complexity index is 1070. The minimum absolute atomic E-state index is 0.312. The highest BCUT2D eigenvalue weighted by atomic mass is 14.7. The van der Waals surface area contributed by atoms with Gasteiger partial charge >= 0.3 is 0 Å². The largest absolute Gasteiger partial charge is 0.354 e. The molecule has 0 saturated heterocycles. The summed E-state index contributed by atoms with van der Waals surface area (Å²) in [7, 11) is 0. The first-order valence-electron chi connectivity index (χ1n) is 8.51. The molecular weight excluding hydrogens is 290 g/mol. The summed E-state index contributed by atoms with van der Waals surface area (Å²) in [6.07, 6.45) is 0. The van der Waals surface area contributed by atoms with Crippen molar-refractivity contribution in [2.45, 2.75) is 19.8 Å². The Morgan fingerprint density at radius 3 is 2.25 bits per heavy atom. The fraction of sp³-hybridized carbons (Fsp3) is 0.130. The molecule has 1 aliphatic carbocycles. The van der Waals surface area contributed by atoms with Gasteiger partial charge in [-0.1, -0.05) is 60.7 Å². The number of aromatic nitrogens is 1. The Kier molecular flexibility index (Phi) is 2.75. The number of rotatable bonds is 1. The molecule has 1 atom stereocenters. The third kappa shape index (κ3) is 1.70. The topological polar surface area (TPSA) is 15.8 Å². The van der Waals surface area contributed by atoms with Gasteiger partial charge in [-0.2, -0.15) is 0 Å². The van der Waals surface area contributed by atoms with E-state index >= 15 is 0 Å². The molecule has 0 amide bonds. The zero-order valence-electron chi connectivity index (χ0n) is 13.9. The van der Waals surface area contributed by atoms with Crippen LogP contribution in [0.1, 0.15) is 33.7 Å². The zero-order chi connectivity index (χ0) is 16.3. The van der Waals surface area contributed by atoms with Gasteiger partial charge in [-0.25, -0.2) is 0 Å². The van der Waals surface area contributed by atoms with Gasteiger partial charge in [0.05, 0.1) is 5.69 Å². The third-order valence-electron chi connectivity index (χ3n) is 5.38. The van der Waals surface area contributed by atoms with Crippen LogP contribution < -0.4 is 0 Å². The standard InChI is InChI=1S/C23H19N/c1-14-12-13-15(2)20-19(14)21(16-8-4-3-5-9-16)22-17-10-6-7-11-18(17)24-23(20)22/h3-13,21,24H,1-2H3. The molecule has 1 aliphatic rings. The minimum Gasteiger partial charge on any atom is -0.354 e. The first kappa shape index (κ1) is 13.6. The lowest BCUT2D eigenvalue weighted by molar-refractivity contribution is 1.01. The molecule has 116 valence electrons. The number of aromatic amines is 1. The van der Waals surface area contributed by atoms with Crippen molar-refractivity contribution < 1.29 is 0 Å². The highest BCUT2D eigenvalue weighted by molar-refractivity contribution is 5.97. The minimum atomic E-state index is 0.312. The Hall–Kier alpha value is -2.80. The normalized spacial score (nSPS) is 15.5. The molecule has 0 fully saturated rings. The van der Waals surface area contributed by atoms with Crippen LogP contribution in [0.25, 0.3) is 22.2 Å². The molecule has 3 aromatic carbocycles. The Morgan fingerprint density at radius 2 is 1.42 bits per heavy atom. The molecular formula is C23H19N. The van der Waals surface area contributed by atoms with Crippen LogP contribution in [0.2, 0.25) is 0 Å². The van der Waals surface area contributed by atoms with Crippen LogP contribution in [0.4, 0.5) is 0 Å². The van der Waals surface area contributed by atoms with Crippen LogP contribution in [-0.2, 0) is 0 Å². The quantitative estimate of drug-likeness (QED) is 0.394. The van der Waals surface area contributed by atoms with E-state index < -0.39 is 0 Å². The van der Waals surface area contributed by atoms with Crippen molar-refractivity contribution in [3.05, 3.63) is 94.5 Å². The number of benzene rings is 3. The van der Waals surface area contributed by atoms with E-state index in [1.165, 1.54) is 50.0 Å². The number of H-pyrrole nitrogens is 1. The Morgan fingerprint density at radius 1 is 0.708 bits per heavy atom. The second-order valence-corrected chi connectivity index (χ2v) is 6.79. The Balaban J connectivity index is 1.94. The summed E-state index contributed by atoms with van der Waals surface area (Å²) in [6, 6.07) is 24.1. The van der Waals surface area contributed by atoms with Crippen molar-refractivity contribution >= 4 is 10.9 Å². The fourth-order valence-electron chi connectivity index (χ4n) is 4.32. The molecule has 4 aromatic rings. The number of hydrogen-bond acceptors (Lipinski definition) is 0. The van der Waals surface area contributed by atoms with Crippen molar-refractivity contribution in [1.29, 1.82) is 0 Å². The SMILES string of the molecule is Cc1ccc(C)c2c1-c1[nH]c3ccccc3c1C2c1ccccc1. The first-order valence-corrected chi connectivity index (χ1v) is 8.51. The van der Waals surface area contributed by atoms with Gasteiger partial charge in [0.15, 0.2) is 0 Å². The molecule has 0 saturated carbocycles. The van der Waals surface area contributed by atoms with Crippen LogP contribution in [0.5, 0.6) is 0 Å². The van der Waals surface area contributed by atoms with Crippen molar-refractivity contribution in [1.82, 2.24) is 4.98 Å². The van der Waals surface area contributed by atoms with Crippen LogP contribution in [0.3, 0.4) is 0 Å². The van der Waals surface area contributed by atoms with E-state index in [1.54, 1.807) is 0 Å². The molecule has 1 heterocycles. The first-order chi connectivity index (χ1) is 11.8. The second-order valence-electron chi connectivity index (χ2n) is 6.79. The summed E-state index contributed by atoms with van der Waals surface area (Å²) in [5, 5.41) is 1.34. The van der Waals surface area contributed by atoms with Crippen LogP contribution in [-0.4, -0.2) is 4.98 Å². The molecule has 1 aromatic heterocycles. The monoisotopic (exact) mass is 309 g/mol. The molecule has 0 spiro atoms. The number of fused-ring (bicyclic) bond motifs is 5. The molecule has 24 heavy (non-hydrogen) atoms. The molecule has 1 unspecified atom stereocenters. The maximum absolute atomic E-state index is 3.70. The summed E-state index contributed by atoms with van der Waals surface area (Å²) in [4.78, 5) is 3.70. The lowest BCUT2D eigenvalue weighted by Gasteiger charge is -2.17. The third-order valence-corrected chi connectivity index (χ3v) is 5.38. The lowest BCUT2D eigenvalue weighted by Crippen LogP contribution is -2.01. The summed E-state index contributed by atoms with van der Waals surface area (Å²) in [5.74, 6) is 0.312. The van der Waals surface area contributed by atoms with E-state index in [9.17, 15) is 0 Å². The van der Waals surface area contributed by atoms with E-state index in [-0.39, 0.29) is 0 Å². The van der Waals surface area contributed by atoms with Crippen molar-refractivity contribution in [3.63, 3.8) is 0 Å². The molecule has 5 rings (SSSR count). The predicted molar refractivity (Wildman–Crippen MR) is 101 cm³/mol. The Labute approximate surface area is 142 Å². The van der Waals surface area contributed by atoms with E-state index in [0.717, 1.165) is 0 Å². The van der Waals surface area contributed by atoms with Gasteiger partial charge in [-0.15, -0.1) is 0 Å². The fourth-order valence-corrected chi connectivity index (χ4v) is 4.32. The molecule has 1 N–H and O–H groups in total. The summed E-state index contributed by atoms with van der Waals surface area (Å²) in [6.45, 7) is 4.46. The number of hydrogen-bond donors (Lipinski definition) is 1. The number of nitrogens with one attached hydrogen (secondary N) is 1. The van der Waals surface area contributed by atoms with Gasteiger partial charge in [-0.3, -0.25) is 0 Å². The van der Waals surface area contributed by atoms with Crippen LogP contribution in [0.15, 0.2) is 66.7 Å². The van der Waals surface area contributed by atoms with Gasteiger partial charge in [0, 0.05) is 22.4 Å². The lowest BCUT2D eigenvalue weighted by atomic mass is 9.85. The van der Waals surface area contributed by atoms with Crippen molar-refractivity contribution in [3.8, 4) is 11.3 Å². The summed E-state index contributed by atoms with van der Waals surface area (Å²) < 4.78 is 0. The average Bonchev–Trinajstić information content (AvgIpc) is 3.14. The van der Waals surface area contributed by atoms with Gasteiger partial charge in [0.2, 0.25) is 0 Å². The number of para-hydroxylation sites is 1. The van der Waals surface area contributed by atoms with Gasteiger partial charge < -0.3 is 4.98 Å². The average molecular weight is 309 g/mol. The summed E-state index contributed by atoms with van der Waals surface area (Å²) in [5.41, 5.74) is 10.9. The smallest absolute Gasteiger partial charge is 0.0513 e. The number of aryl methyl sites for hydroxylation is 2. The maximum Gasteiger partial charge on any atom is 0.0513 e. The maximum atomic E-state index is 3.70. The van der Waals surface area contributed by atoms with E-state index in [1.807, 2.05) is 0 Å². The summed E-state index contributed by atoms with van der Waals surface area (Å²) >= 11 is 0. The highest BCUT2D eigenvalue weighted by Gasteiger charge is 2.35. The van der Waals surface area contributed by atoms with Crippen molar-refractivity contribution in [2.75, 3.05) is 0 Å². The van der Waals surface area contributed by atoms with E-state index in [2.05, 4.69) is 85.6 Å². The van der Waals surface area contributed by atoms with Gasteiger partial charge in [0.1, 0.15) is 0 Å². The molecule has 0 bridgehead atoms. The van der Waals surface area contributed by atoms with Crippen LogP contribution in [0, 0.1) is 13.8 Å². The molecule has 0 radical (unpaired) electrons. The van der Waals surface area contributed by atoms with Crippen LogP contribution >= 0.6 is 0 Å².